The zero-order valence-corrected chi connectivity index (χ0v) is 23.0. The van der Waals surface area contributed by atoms with Gasteiger partial charge in [0.05, 0.1) is 19.8 Å². The van der Waals surface area contributed by atoms with Crippen molar-refractivity contribution < 1.29 is 34.0 Å². The highest BCUT2D eigenvalue weighted by Gasteiger charge is 2.47. The van der Waals surface area contributed by atoms with Crippen LogP contribution in [-0.4, -0.2) is 73.0 Å². The minimum atomic E-state index is -1.14. The summed E-state index contributed by atoms with van der Waals surface area (Å²) in [6, 6.07) is 19.8. The molecule has 1 heterocycles. The van der Waals surface area contributed by atoms with Gasteiger partial charge in [-0.05, 0) is 46.5 Å². The number of carbonyl (C=O) groups is 1. The summed E-state index contributed by atoms with van der Waals surface area (Å²) >= 11 is 0. The molecule has 3 aromatic rings. The first-order valence-electron chi connectivity index (χ1n) is 13.5. The van der Waals surface area contributed by atoms with Crippen LogP contribution < -0.4 is 16.8 Å². The van der Waals surface area contributed by atoms with Gasteiger partial charge in [0.1, 0.15) is 30.1 Å². The number of methoxy groups -OCH3 is 1. The molecule has 4 rings (SSSR count). The molecule has 7 N–H and O–H groups in total. The summed E-state index contributed by atoms with van der Waals surface area (Å²) in [4.78, 5) is 16.9. The van der Waals surface area contributed by atoms with Crippen molar-refractivity contribution >= 4 is 22.6 Å². The number of nitrogens with two attached hydrogens (primary N) is 2. The molecule has 0 spiro atoms. The van der Waals surface area contributed by atoms with Gasteiger partial charge in [-0.15, -0.1) is 0 Å². The number of guanidine groups is 1. The number of aliphatic hydroxyl groups is 1. The topological polar surface area (TPSA) is 171 Å². The van der Waals surface area contributed by atoms with Gasteiger partial charge in [0.25, 0.3) is 0 Å². The van der Waals surface area contributed by atoms with Crippen molar-refractivity contribution in [2.24, 2.45) is 16.5 Å². The fraction of sp³-hybridized carbons (Fsp3) is 0.400. The molecule has 1 aliphatic rings. The van der Waals surface area contributed by atoms with E-state index < -0.39 is 30.6 Å². The van der Waals surface area contributed by atoms with Crippen molar-refractivity contribution in [1.82, 2.24) is 5.32 Å². The Morgan fingerprint density at radius 3 is 2.51 bits per heavy atom. The third-order valence-corrected chi connectivity index (χ3v) is 6.77. The summed E-state index contributed by atoms with van der Waals surface area (Å²) in [6.45, 7) is 0.655. The Balaban J connectivity index is 1.54. The third kappa shape index (κ3) is 8.62. The minimum Gasteiger partial charge on any atom is -0.508 e. The molecular weight excluding hydrogens is 528 g/mol. The van der Waals surface area contributed by atoms with Crippen LogP contribution in [0.25, 0.3) is 10.8 Å². The van der Waals surface area contributed by atoms with E-state index in [1.165, 1.54) is 7.11 Å². The van der Waals surface area contributed by atoms with Crippen LogP contribution in [0.15, 0.2) is 71.7 Å². The number of carbonyl (C=O) groups excluding carboxylic acids is 1. The number of rotatable bonds is 13. The molecule has 41 heavy (non-hydrogen) atoms. The van der Waals surface area contributed by atoms with Crippen LogP contribution in [0.2, 0.25) is 0 Å². The number of aromatic hydroxyl groups is 1. The van der Waals surface area contributed by atoms with Crippen LogP contribution in [0.5, 0.6) is 5.75 Å². The van der Waals surface area contributed by atoms with E-state index in [1.807, 2.05) is 42.5 Å². The summed E-state index contributed by atoms with van der Waals surface area (Å²) in [7, 11) is 1.51. The highest BCUT2D eigenvalue weighted by Crippen LogP contribution is 2.28. The molecule has 220 valence electrons. The maximum atomic E-state index is 13.0. The molecule has 1 aliphatic heterocycles. The highest BCUT2D eigenvalue weighted by molar-refractivity contribution is 5.83. The maximum Gasteiger partial charge on any atom is 0.220 e. The number of hydrogen-bond donors (Lipinski definition) is 5. The lowest BCUT2D eigenvalue weighted by Gasteiger charge is -2.44. The van der Waals surface area contributed by atoms with Gasteiger partial charge in [0.15, 0.2) is 12.2 Å². The Hall–Kier alpha value is -3.74. The van der Waals surface area contributed by atoms with Crippen LogP contribution in [0.3, 0.4) is 0 Å². The number of nitrogens with one attached hydrogen (secondary N) is 1. The number of aliphatic imine (C=N–C) groups is 1. The third-order valence-electron chi connectivity index (χ3n) is 6.77. The Labute approximate surface area is 239 Å². The number of ether oxygens (including phenoxy) is 4. The Bertz CT molecular complexity index is 1320. The number of aliphatic hydroxyl groups excluding tert-OH is 1. The summed E-state index contributed by atoms with van der Waals surface area (Å²) in [5.74, 6) is -0.244. The zero-order valence-electron chi connectivity index (χ0n) is 23.0. The highest BCUT2D eigenvalue weighted by atomic mass is 16.7. The Kier molecular flexibility index (Phi) is 10.9. The van der Waals surface area contributed by atoms with Crippen LogP contribution in [0.1, 0.15) is 24.0 Å². The number of phenolic OH excluding ortho intramolecular Hbond substituents is 1. The van der Waals surface area contributed by atoms with E-state index in [9.17, 15) is 15.0 Å². The monoisotopic (exact) mass is 566 g/mol. The molecule has 3 aromatic carbocycles. The van der Waals surface area contributed by atoms with Gasteiger partial charge >= 0.3 is 0 Å². The lowest BCUT2D eigenvalue weighted by Crippen LogP contribution is -2.65. The number of amides is 1. The predicted octanol–water partition coefficient (Wildman–Crippen LogP) is 1.92. The van der Waals surface area contributed by atoms with Gasteiger partial charge in [-0.25, -0.2) is 0 Å². The van der Waals surface area contributed by atoms with Gasteiger partial charge in [-0.2, -0.15) is 0 Å². The molecule has 5 atom stereocenters. The van der Waals surface area contributed by atoms with E-state index in [2.05, 4.69) is 10.3 Å². The van der Waals surface area contributed by atoms with Crippen molar-refractivity contribution in [3.63, 3.8) is 0 Å². The SMILES string of the molecule is COC[C@H]1O[C@H](OCc2ccc3ccccc3c2)[C@H](NC(=O)CCCN=C(N)N)[C@@H](OCc2cccc(O)c2)[C@@H]1O. The lowest BCUT2D eigenvalue weighted by molar-refractivity contribution is -0.282. The maximum absolute atomic E-state index is 13.0. The molecule has 11 nitrogen and oxygen atoms in total. The number of benzene rings is 3. The Morgan fingerprint density at radius 2 is 1.76 bits per heavy atom. The van der Waals surface area contributed by atoms with Crippen molar-refractivity contribution in [2.75, 3.05) is 20.3 Å². The van der Waals surface area contributed by atoms with Crippen LogP contribution in [0.4, 0.5) is 0 Å². The fourth-order valence-corrected chi connectivity index (χ4v) is 4.77. The van der Waals surface area contributed by atoms with Gasteiger partial charge in [-0.3, -0.25) is 9.79 Å². The average molecular weight is 567 g/mol. The zero-order chi connectivity index (χ0) is 29.2. The second kappa shape index (κ2) is 14.8. The molecule has 1 amide bonds. The van der Waals surface area contributed by atoms with Gasteiger partial charge < -0.3 is 45.9 Å². The normalized spacial score (nSPS) is 22.3. The molecule has 0 aliphatic carbocycles. The first-order chi connectivity index (χ1) is 19.8. The first-order valence-corrected chi connectivity index (χ1v) is 13.5. The second-order valence-electron chi connectivity index (χ2n) is 9.93. The quantitative estimate of drug-likeness (QED) is 0.118. The van der Waals surface area contributed by atoms with E-state index in [4.69, 9.17) is 30.4 Å². The molecule has 0 aromatic heterocycles. The van der Waals surface area contributed by atoms with E-state index in [1.54, 1.807) is 24.3 Å². The van der Waals surface area contributed by atoms with Crippen LogP contribution in [0, 0.1) is 0 Å². The van der Waals surface area contributed by atoms with Gasteiger partial charge in [0, 0.05) is 20.1 Å². The van der Waals surface area contributed by atoms with Crippen molar-refractivity contribution in [3.8, 4) is 5.75 Å². The fourth-order valence-electron chi connectivity index (χ4n) is 4.77. The van der Waals surface area contributed by atoms with Gasteiger partial charge in [0.2, 0.25) is 5.91 Å². The number of nitrogens with zero attached hydrogens (tertiary/aromatic N) is 1. The molecule has 0 radical (unpaired) electrons. The second-order valence-corrected chi connectivity index (χ2v) is 9.93. The standard InChI is InChI=1S/C30H38N4O7/c1-38-18-24-27(37)28(39-16-19-6-4-9-23(35)15-19)26(34-25(36)10-5-13-33-30(31)32)29(41-24)40-17-20-11-12-21-7-2-3-8-22(21)14-20/h2-4,6-9,11-12,14-15,24,26-29,35,37H,5,10,13,16-18H2,1H3,(H,34,36)(H4,31,32,33)/t24-,26-,27-,28-,29+/m1/s1. The summed E-state index contributed by atoms with van der Waals surface area (Å²) < 4.78 is 23.8. The van der Waals surface area contributed by atoms with Gasteiger partial charge in [-0.1, -0.05) is 48.5 Å². The largest absolute Gasteiger partial charge is 0.508 e. The van der Waals surface area contributed by atoms with E-state index in [0.29, 0.717) is 18.5 Å². The Morgan fingerprint density at radius 1 is 1.00 bits per heavy atom. The van der Waals surface area contributed by atoms with Crippen molar-refractivity contribution in [2.45, 2.75) is 56.7 Å². The minimum absolute atomic E-state index is 0.0408. The van der Waals surface area contributed by atoms with Crippen molar-refractivity contribution in [3.05, 3.63) is 77.9 Å². The van der Waals surface area contributed by atoms with Crippen molar-refractivity contribution in [1.29, 1.82) is 0 Å². The number of fused-ring (bicyclic) bond motifs is 1. The number of hydrogen-bond acceptors (Lipinski definition) is 8. The summed E-state index contributed by atoms with van der Waals surface area (Å²) in [5.41, 5.74) is 12.4. The predicted molar refractivity (Wildman–Crippen MR) is 154 cm³/mol. The summed E-state index contributed by atoms with van der Waals surface area (Å²) in [5, 5.41) is 26.2. The molecule has 11 heteroatoms. The van der Waals surface area contributed by atoms with E-state index in [-0.39, 0.29) is 43.9 Å². The van der Waals surface area contributed by atoms with E-state index >= 15 is 0 Å². The molecule has 0 saturated carbocycles. The molecule has 0 bridgehead atoms. The van der Waals surface area contributed by atoms with E-state index in [0.717, 1.165) is 16.3 Å². The van der Waals surface area contributed by atoms with Crippen LogP contribution in [-0.2, 0) is 37.0 Å². The molecule has 1 fully saturated rings. The number of phenols is 1. The first kappa shape index (κ1) is 30.2. The van der Waals surface area contributed by atoms with Crippen LogP contribution >= 0.6 is 0 Å². The lowest BCUT2D eigenvalue weighted by atomic mass is 9.96. The average Bonchev–Trinajstić information content (AvgIpc) is 2.95. The summed E-state index contributed by atoms with van der Waals surface area (Å²) in [6.07, 6.45) is -3.22. The molecule has 1 saturated heterocycles. The molecule has 0 unspecified atom stereocenters. The smallest absolute Gasteiger partial charge is 0.220 e. The molecular formula is C30H38N4O7.